The molecule has 1 heterocycles. The summed E-state index contributed by atoms with van der Waals surface area (Å²) < 4.78 is 0. The van der Waals surface area contributed by atoms with Gasteiger partial charge >= 0.3 is 0 Å². The van der Waals surface area contributed by atoms with Gasteiger partial charge in [-0.3, -0.25) is 0 Å². The van der Waals surface area contributed by atoms with Crippen molar-refractivity contribution in [1.29, 1.82) is 0 Å². The van der Waals surface area contributed by atoms with Crippen LogP contribution in [0.3, 0.4) is 0 Å². The fraction of sp³-hybridized carbons (Fsp3) is 1.00. The number of rotatable bonds is 3. The van der Waals surface area contributed by atoms with E-state index in [0.717, 1.165) is 17.9 Å². The van der Waals surface area contributed by atoms with E-state index in [0.29, 0.717) is 0 Å². The maximum Gasteiger partial charge on any atom is 0.0107 e. The van der Waals surface area contributed by atoms with E-state index < -0.39 is 0 Å². The third kappa shape index (κ3) is 2.25. The van der Waals surface area contributed by atoms with Crippen LogP contribution in [0.15, 0.2) is 0 Å². The Hall–Kier alpha value is -0.0400. The Morgan fingerprint density at radius 3 is 2.23 bits per heavy atom. The molecule has 1 saturated heterocycles. The van der Waals surface area contributed by atoms with Crippen molar-refractivity contribution in [1.82, 2.24) is 5.32 Å². The van der Waals surface area contributed by atoms with Crippen LogP contribution >= 0.6 is 0 Å². The van der Waals surface area contributed by atoms with Gasteiger partial charge < -0.3 is 5.32 Å². The lowest BCUT2D eigenvalue weighted by Crippen LogP contribution is -2.48. The summed E-state index contributed by atoms with van der Waals surface area (Å²) in [5.74, 6) is 2.10. The van der Waals surface area contributed by atoms with Gasteiger partial charge in [-0.2, -0.15) is 0 Å². The molecule has 1 aliphatic carbocycles. The topological polar surface area (TPSA) is 12.0 Å². The first-order chi connectivity index (χ1) is 6.40. The summed E-state index contributed by atoms with van der Waals surface area (Å²) in [5.41, 5.74) is 0. The molecule has 0 bridgehead atoms. The van der Waals surface area contributed by atoms with E-state index in [1.54, 1.807) is 0 Å². The highest BCUT2D eigenvalue weighted by Gasteiger charge is 2.30. The van der Waals surface area contributed by atoms with Gasteiger partial charge in [0.15, 0.2) is 0 Å². The zero-order valence-electron chi connectivity index (χ0n) is 8.89. The minimum absolute atomic E-state index is 0.905. The van der Waals surface area contributed by atoms with Gasteiger partial charge in [0.2, 0.25) is 0 Å². The second-order valence-electron chi connectivity index (χ2n) is 4.92. The molecule has 1 N–H and O–H groups in total. The minimum Gasteiger partial charge on any atom is -0.314 e. The summed E-state index contributed by atoms with van der Waals surface area (Å²) in [5, 5.41) is 3.56. The molecule has 2 rings (SSSR count). The molecule has 0 aromatic carbocycles. The molecule has 2 aliphatic rings. The Labute approximate surface area is 82.3 Å². The molecule has 1 heteroatoms. The standard InChI is InChI=1S/C12H23N/c1-2-3-10-4-6-11(7-5-10)12-8-9-13-12/h10-13H,2-9H2,1H3. The molecule has 0 aromatic heterocycles. The Kier molecular flexibility index (Phi) is 3.26. The summed E-state index contributed by atoms with van der Waals surface area (Å²) in [7, 11) is 0. The Morgan fingerprint density at radius 2 is 1.77 bits per heavy atom. The van der Waals surface area contributed by atoms with E-state index in [1.165, 1.54) is 51.5 Å². The van der Waals surface area contributed by atoms with Crippen LogP contribution < -0.4 is 5.32 Å². The van der Waals surface area contributed by atoms with Gasteiger partial charge in [-0.15, -0.1) is 0 Å². The number of nitrogens with one attached hydrogen (secondary N) is 1. The second kappa shape index (κ2) is 4.45. The van der Waals surface area contributed by atoms with Crippen molar-refractivity contribution in [2.75, 3.05) is 6.54 Å². The quantitative estimate of drug-likeness (QED) is 0.706. The van der Waals surface area contributed by atoms with Crippen LogP contribution in [-0.4, -0.2) is 12.6 Å². The van der Waals surface area contributed by atoms with Crippen molar-refractivity contribution in [2.45, 2.75) is 57.9 Å². The van der Waals surface area contributed by atoms with Gasteiger partial charge in [-0.1, -0.05) is 32.6 Å². The second-order valence-corrected chi connectivity index (χ2v) is 4.92. The Bertz CT molecular complexity index is 143. The van der Waals surface area contributed by atoms with E-state index in [1.807, 2.05) is 0 Å². The fourth-order valence-corrected chi connectivity index (χ4v) is 3.00. The average Bonchev–Trinajstić information content (AvgIpc) is 2.06. The summed E-state index contributed by atoms with van der Waals surface area (Å²) in [4.78, 5) is 0. The maximum atomic E-state index is 3.56. The summed E-state index contributed by atoms with van der Waals surface area (Å²) >= 11 is 0. The van der Waals surface area contributed by atoms with E-state index in [-0.39, 0.29) is 0 Å². The monoisotopic (exact) mass is 181 g/mol. The average molecular weight is 181 g/mol. The Morgan fingerprint density at radius 1 is 1.08 bits per heavy atom. The van der Waals surface area contributed by atoms with Gasteiger partial charge in [0.1, 0.15) is 0 Å². The molecule has 76 valence electrons. The molecular weight excluding hydrogens is 158 g/mol. The predicted molar refractivity (Wildman–Crippen MR) is 56.8 cm³/mol. The fourth-order valence-electron chi connectivity index (χ4n) is 3.00. The Balaban J connectivity index is 1.69. The molecule has 1 saturated carbocycles. The van der Waals surface area contributed by atoms with Crippen LogP contribution in [0.4, 0.5) is 0 Å². The largest absolute Gasteiger partial charge is 0.314 e. The van der Waals surface area contributed by atoms with Crippen molar-refractivity contribution < 1.29 is 0 Å². The van der Waals surface area contributed by atoms with Crippen LogP contribution in [-0.2, 0) is 0 Å². The maximum absolute atomic E-state index is 3.56. The first-order valence-electron chi connectivity index (χ1n) is 6.13. The third-order valence-electron chi connectivity index (χ3n) is 4.02. The minimum atomic E-state index is 0.905. The van der Waals surface area contributed by atoms with Crippen LogP contribution in [0.1, 0.15) is 51.9 Å². The van der Waals surface area contributed by atoms with Crippen LogP contribution in [0.5, 0.6) is 0 Å². The van der Waals surface area contributed by atoms with E-state index >= 15 is 0 Å². The highest BCUT2D eigenvalue weighted by Crippen LogP contribution is 2.35. The lowest BCUT2D eigenvalue weighted by atomic mass is 9.75. The summed E-state index contributed by atoms with van der Waals surface area (Å²) in [6.45, 7) is 3.60. The molecule has 0 radical (unpaired) electrons. The molecule has 0 spiro atoms. The lowest BCUT2D eigenvalue weighted by Gasteiger charge is -2.39. The normalized spacial score (nSPS) is 39.9. The van der Waals surface area contributed by atoms with E-state index in [4.69, 9.17) is 0 Å². The van der Waals surface area contributed by atoms with Crippen molar-refractivity contribution >= 4 is 0 Å². The molecule has 1 aliphatic heterocycles. The van der Waals surface area contributed by atoms with Gasteiger partial charge in [0, 0.05) is 6.04 Å². The van der Waals surface area contributed by atoms with Crippen molar-refractivity contribution in [3.8, 4) is 0 Å². The molecule has 1 unspecified atom stereocenters. The lowest BCUT2D eigenvalue weighted by molar-refractivity contribution is 0.173. The highest BCUT2D eigenvalue weighted by atomic mass is 15.0. The predicted octanol–water partition coefficient (Wildman–Crippen LogP) is 2.95. The smallest absolute Gasteiger partial charge is 0.0107 e. The van der Waals surface area contributed by atoms with Gasteiger partial charge in [-0.25, -0.2) is 0 Å². The summed E-state index contributed by atoms with van der Waals surface area (Å²) in [6, 6.07) is 0.905. The molecule has 1 atom stereocenters. The van der Waals surface area contributed by atoms with E-state index in [9.17, 15) is 0 Å². The molecule has 0 aromatic rings. The number of hydrogen-bond donors (Lipinski definition) is 1. The molecule has 2 fully saturated rings. The van der Waals surface area contributed by atoms with E-state index in [2.05, 4.69) is 12.2 Å². The van der Waals surface area contributed by atoms with Crippen molar-refractivity contribution in [3.05, 3.63) is 0 Å². The van der Waals surface area contributed by atoms with Crippen LogP contribution in [0, 0.1) is 11.8 Å². The zero-order valence-corrected chi connectivity index (χ0v) is 8.89. The van der Waals surface area contributed by atoms with Gasteiger partial charge in [0.05, 0.1) is 0 Å². The van der Waals surface area contributed by atoms with Gasteiger partial charge in [0.25, 0.3) is 0 Å². The molecule has 0 amide bonds. The molecule has 1 nitrogen and oxygen atoms in total. The van der Waals surface area contributed by atoms with Crippen LogP contribution in [0.2, 0.25) is 0 Å². The van der Waals surface area contributed by atoms with Crippen LogP contribution in [0.25, 0.3) is 0 Å². The number of hydrogen-bond acceptors (Lipinski definition) is 1. The van der Waals surface area contributed by atoms with Gasteiger partial charge in [-0.05, 0) is 37.6 Å². The highest BCUT2D eigenvalue weighted by molar-refractivity contribution is 4.87. The van der Waals surface area contributed by atoms with Crippen molar-refractivity contribution in [3.63, 3.8) is 0 Å². The first kappa shape index (κ1) is 9.51. The van der Waals surface area contributed by atoms with Crippen molar-refractivity contribution in [2.24, 2.45) is 11.8 Å². The molecular formula is C12H23N. The SMILES string of the molecule is CCCC1CCC(C2CCN2)CC1. The third-order valence-corrected chi connectivity index (χ3v) is 4.02. The zero-order chi connectivity index (χ0) is 9.10. The molecule has 13 heavy (non-hydrogen) atoms. The summed E-state index contributed by atoms with van der Waals surface area (Å²) in [6.07, 6.45) is 10.3. The first-order valence-corrected chi connectivity index (χ1v) is 6.13.